The molecule has 1 aliphatic heterocycles. The number of hydrogen-bond acceptors (Lipinski definition) is 7. The van der Waals surface area contributed by atoms with Crippen molar-refractivity contribution < 1.29 is 33.5 Å². The van der Waals surface area contributed by atoms with Gasteiger partial charge < -0.3 is 24.0 Å². The normalized spacial score (nSPS) is 13.3. The predicted molar refractivity (Wildman–Crippen MR) is 157 cm³/mol. The fraction of sp³-hybridized carbons (Fsp3) is 0.250. The number of aryl methyl sites for hydroxylation is 2. The van der Waals surface area contributed by atoms with E-state index in [1.54, 1.807) is 33.3 Å². The van der Waals surface area contributed by atoms with E-state index in [0.29, 0.717) is 29.1 Å². The van der Waals surface area contributed by atoms with Crippen LogP contribution < -0.4 is 5.32 Å². The van der Waals surface area contributed by atoms with Crippen LogP contribution in [0.3, 0.4) is 0 Å². The van der Waals surface area contributed by atoms with Gasteiger partial charge in [-0.3, -0.25) is 14.9 Å². The highest BCUT2D eigenvalue weighted by molar-refractivity contribution is 5.91. The van der Waals surface area contributed by atoms with Crippen molar-refractivity contribution in [1.29, 1.82) is 0 Å². The van der Waals surface area contributed by atoms with Crippen LogP contribution in [0.4, 0.5) is 10.5 Å². The third kappa shape index (κ3) is 6.34. The third-order valence-corrected chi connectivity index (χ3v) is 7.13. The Morgan fingerprint density at radius 3 is 2.12 bits per heavy atom. The Bertz CT molecular complexity index is 1540. The maximum Gasteiger partial charge on any atom is 0.412 e. The van der Waals surface area contributed by atoms with Gasteiger partial charge in [0.15, 0.2) is 5.76 Å². The maximum absolute atomic E-state index is 12.5. The number of benzene rings is 3. The molecule has 0 radical (unpaired) electrons. The van der Waals surface area contributed by atoms with Crippen molar-refractivity contribution in [2.24, 2.45) is 0 Å². The van der Waals surface area contributed by atoms with Crippen LogP contribution in [-0.2, 0) is 31.1 Å². The third-order valence-electron chi connectivity index (χ3n) is 7.13. The Labute approximate surface area is 243 Å². The molecule has 3 aromatic carbocycles. The molecule has 2 heterocycles. The summed E-state index contributed by atoms with van der Waals surface area (Å²) < 4.78 is 15.2. The molecule has 0 aliphatic carbocycles. The van der Waals surface area contributed by atoms with E-state index in [4.69, 9.17) is 9.26 Å². The molecule has 10 nitrogen and oxygen atoms in total. The van der Waals surface area contributed by atoms with Gasteiger partial charge in [-0.1, -0.05) is 78.0 Å². The first-order chi connectivity index (χ1) is 20.2. The molecule has 218 valence electrons. The summed E-state index contributed by atoms with van der Waals surface area (Å²) in [6.07, 6.45) is 0.0622. The number of ether oxygens (including phenoxy) is 2. The van der Waals surface area contributed by atoms with E-state index in [9.17, 15) is 19.5 Å². The zero-order valence-electron chi connectivity index (χ0n) is 23.9. The molecule has 10 heteroatoms. The zero-order valence-corrected chi connectivity index (χ0v) is 23.9. The number of carboxylic acids is 1. The average molecular weight is 572 g/mol. The average Bonchev–Trinajstić information content (AvgIpc) is 3.32. The molecule has 5 rings (SSSR count). The fourth-order valence-electron chi connectivity index (χ4n) is 4.73. The summed E-state index contributed by atoms with van der Waals surface area (Å²) in [4.78, 5) is 36.8. The van der Waals surface area contributed by atoms with Crippen LogP contribution in [0.2, 0.25) is 0 Å². The number of nitrogens with zero attached hydrogens (tertiary/aromatic N) is 2. The van der Waals surface area contributed by atoms with E-state index in [0.717, 1.165) is 27.8 Å². The number of nitrogens with one attached hydrogen (secondary N) is 1. The van der Waals surface area contributed by atoms with E-state index in [1.807, 2.05) is 67.6 Å². The van der Waals surface area contributed by atoms with Gasteiger partial charge in [0.1, 0.15) is 23.4 Å². The number of hydrogen-bond donors (Lipinski definition) is 2. The number of carbonyl (C=O) groups excluding carboxylic acids is 2. The van der Waals surface area contributed by atoms with Crippen LogP contribution in [0.15, 0.2) is 77.3 Å². The first-order valence-corrected chi connectivity index (χ1v) is 13.2. The number of carbonyl (C=O) groups is 3. The second-order valence-corrected chi connectivity index (χ2v) is 10.1. The highest BCUT2D eigenvalue weighted by atomic mass is 16.5. The van der Waals surface area contributed by atoms with Gasteiger partial charge in [0.05, 0.1) is 0 Å². The lowest BCUT2D eigenvalue weighted by Gasteiger charge is -2.45. The van der Waals surface area contributed by atoms with Gasteiger partial charge in [-0.2, -0.15) is 0 Å². The maximum atomic E-state index is 12.5. The SMILES string of the molecule is COC.Cc1ccccc1COC(=O)Nc1c(C)noc1-c1ccc(-c2ccc(C3(C(=O)O)CN(C=O)C3)cc2)cc1. The van der Waals surface area contributed by atoms with Crippen LogP contribution in [0.5, 0.6) is 0 Å². The summed E-state index contributed by atoms with van der Waals surface area (Å²) in [6, 6.07) is 22.6. The van der Waals surface area contributed by atoms with Gasteiger partial charge >= 0.3 is 12.1 Å². The molecule has 1 aliphatic rings. The smallest absolute Gasteiger partial charge is 0.412 e. The Morgan fingerprint density at radius 1 is 0.976 bits per heavy atom. The van der Waals surface area contributed by atoms with Crippen LogP contribution in [-0.4, -0.2) is 60.9 Å². The quantitative estimate of drug-likeness (QED) is 0.268. The van der Waals surface area contributed by atoms with Crippen LogP contribution >= 0.6 is 0 Å². The van der Waals surface area contributed by atoms with Gasteiger partial charge in [-0.15, -0.1) is 0 Å². The summed E-state index contributed by atoms with van der Waals surface area (Å²) in [5.74, 6) is -0.529. The van der Waals surface area contributed by atoms with Gasteiger partial charge in [-0.05, 0) is 41.7 Å². The lowest BCUT2D eigenvalue weighted by Crippen LogP contribution is -2.62. The molecule has 0 bridgehead atoms. The lowest BCUT2D eigenvalue weighted by molar-refractivity contribution is -0.153. The first-order valence-electron chi connectivity index (χ1n) is 13.2. The summed E-state index contributed by atoms with van der Waals surface area (Å²) in [5.41, 5.74) is 5.06. The van der Waals surface area contributed by atoms with Gasteiger partial charge in [0, 0.05) is 32.9 Å². The van der Waals surface area contributed by atoms with Crippen molar-refractivity contribution in [2.45, 2.75) is 25.9 Å². The summed E-state index contributed by atoms with van der Waals surface area (Å²) >= 11 is 0. The molecule has 0 unspecified atom stereocenters. The number of anilines is 1. The number of likely N-dealkylation sites (tertiary alicyclic amines) is 1. The van der Waals surface area contributed by atoms with Crippen molar-refractivity contribution in [1.82, 2.24) is 10.1 Å². The van der Waals surface area contributed by atoms with Crippen LogP contribution in [0, 0.1) is 13.8 Å². The molecule has 4 aromatic rings. The first kappa shape index (κ1) is 30.0. The Kier molecular flexibility index (Phi) is 9.39. The highest BCUT2D eigenvalue weighted by Gasteiger charge is 2.50. The summed E-state index contributed by atoms with van der Waals surface area (Å²) in [5, 5.41) is 16.5. The summed E-state index contributed by atoms with van der Waals surface area (Å²) in [7, 11) is 3.25. The molecule has 42 heavy (non-hydrogen) atoms. The van der Waals surface area contributed by atoms with Crippen molar-refractivity contribution in [3.05, 3.63) is 95.2 Å². The minimum atomic E-state index is -1.07. The largest absolute Gasteiger partial charge is 0.480 e. The molecule has 0 saturated carbocycles. The molecule has 0 spiro atoms. The number of rotatable bonds is 8. The standard InChI is InChI=1S/C30H27N3O6.C2H6O/c1-19-5-3-4-6-24(19)15-38-29(37)31-26-20(2)32-39-27(26)23-9-7-21(8-10-23)22-11-13-25(14-12-22)30(28(35)36)16-33(17-30)18-34;1-3-2/h3-14,18H,15-17H2,1-2H3,(H,31,37)(H,35,36);1-2H3. The van der Waals surface area contributed by atoms with E-state index in [2.05, 4.69) is 15.2 Å². The lowest BCUT2D eigenvalue weighted by atomic mass is 9.73. The van der Waals surface area contributed by atoms with Gasteiger partial charge in [0.2, 0.25) is 6.41 Å². The van der Waals surface area contributed by atoms with Gasteiger partial charge in [0.25, 0.3) is 0 Å². The topological polar surface area (TPSA) is 131 Å². The number of aliphatic carboxylic acids is 1. The van der Waals surface area contributed by atoms with E-state index < -0.39 is 17.5 Å². The van der Waals surface area contributed by atoms with Crippen molar-refractivity contribution in [3.63, 3.8) is 0 Å². The van der Waals surface area contributed by atoms with Gasteiger partial charge in [-0.25, -0.2) is 4.79 Å². The monoisotopic (exact) mass is 571 g/mol. The van der Waals surface area contributed by atoms with Crippen LogP contribution in [0.25, 0.3) is 22.5 Å². The van der Waals surface area contributed by atoms with Crippen molar-refractivity contribution in [2.75, 3.05) is 32.6 Å². The minimum absolute atomic E-state index is 0.147. The zero-order chi connectivity index (χ0) is 30.3. The highest BCUT2D eigenvalue weighted by Crippen LogP contribution is 2.36. The molecule has 1 saturated heterocycles. The molecule has 2 amide bonds. The molecule has 2 N–H and O–H groups in total. The molecule has 1 fully saturated rings. The molecule has 1 aromatic heterocycles. The summed E-state index contributed by atoms with van der Waals surface area (Å²) in [6.45, 7) is 4.16. The number of carboxylic acid groups (broad SMARTS) is 1. The molecular weight excluding hydrogens is 538 g/mol. The number of amides is 2. The van der Waals surface area contributed by atoms with E-state index >= 15 is 0 Å². The molecular formula is C32H33N3O7. The van der Waals surface area contributed by atoms with Crippen LogP contribution in [0.1, 0.15) is 22.4 Å². The second kappa shape index (κ2) is 13.1. The molecule has 0 atom stereocenters. The Morgan fingerprint density at radius 2 is 1.55 bits per heavy atom. The Hall–Kier alpha value is -4.96. The minimum Gasteiger partial charge on any atom is -0.480 e. The van der Waals surface area contributed by atoms with Crippen molar-refractivity contribution in [3.8, 4) is 22.5 Å². The van der Waals surface area contributed by atoms with Crippen molar-refractivity contribution >= 4 is 24.2 Å². The number of aromatic nitrogens is 1. The number of methoxy groups -OCH3 is 1. The van der Waals surface area contributed by atoms with E-state index in [1.165, 1.54) is 4.90 Å². The second-order valence-electron chi connectivity index (χ2n) is 10.1. The fourth-order valence-corrected chi connectivity index (χ4v) is 4.73. The predicted octanol–water partition coefficient (Wildman–Crippen LogP) is 5.43. The van der Waals surface area contributed by atoms with E-state index in [-0.39, 0.29) is 19.7 Å². The Balaban J connectivity index is 0.00000129.